The Balaban J connectivity index is 1.77. The van der Waals surface area contributed by atoms with Gasteiger partial charge in [0.15, 0.2) is 6.10 Å². The molecule has 2 heterocycles. The van der Waals surface area contributed by atoms with E-state index in [0.717, 1.165) is 11.3 Å². The number of carbonyl (C=O) groups excluding carboxylic acids is 1. The third-order valence-corrected chi connectivity index (χ3v) is 6.73. The SMILES string of the molecule is CNc1ccc(Cc2cc([C@@H]3O[C@H](CO)[C@@H](O)[C@H](O)[C@H]3OC(=O)C(F)(F)F)c3c(c2Cl)OCC3)cc1. The summed E-state index contributed by atoms with van der Waals surface area (Å²) in [4.78, 5) is 11.7. The first-order valence-electron chi connectivity index (χ1n) is 11.2. The van der Waals surface area contributed by atoms with Gasteiger partial charge in [-0.3, -0.25) is 0 Å². The van der Waals surface area contributed by atoms with Crippen molar-refractivity contribution >= 4 is 23.3 Å². The van der Waals surface area contributed by atoms with E-state index < -0.39 is 49.3 Å². The van der Waals surface area contributed by atoms with Crippen LogP contribution in [-0.4, -0.2) is 72.1 Å². The van der Waals surface area contributed by atoms with Gasteiger partial charge in [0.1, 0.15) is 30.2 Å². The molecule has 0 spiro atoms. The van der Waals surface area contributed by atoms with Crippen molar-refractivity contribution in [3.05, 3.63) is 57.6 Å². The number of hydrogen-bond acceptors (Lipinski definition) is 8. The zero-order chi connectivity index (χ0) is 26.2. The van der Waals surface area contributed by atoms with E-state index in [1.807, 2.05) is 24.3 Å². The molecule has 2 aliphatic rings. The number of alkyl halides is 3. The maximum atomic E-state index is 13.0. The average Bonchev–Trinajstić information content (AvgIpc) is 3.34. The van der Waals surface area contributed by atoms with E-state index in [0.29, 0.717) is 34.7 Å². The summed E-state index contributed by atoms with van der Waals surface area (Å²) in [6, 6.07) is 9.11. The minimum atomic E-state index is -5.33. The Morgan fingerprint density at radius 3 is 2.53 bits per heavy atom. The summed E-state index contributed by atoms with van der Waals surface area (Å²) in [5.74, 6) is -2.22. The fraction of sp³-hybridized carbons (Fsp3) is 0.458. The molecule has 0 aliphatic carbocycles. The van der Waals surface area contributed by atoms with E-state index >= 15 is 0 Å². The highest BCUT2D eigenvalue weighted by Gasteiger charge is 2.51. The molecule has 36 heavy (non-hydrogen) atoms. The number of aliphatic hydroxyl groups is 3. The van der Waals surface area contributed by atoms with Gasteiger partial charge < -0.3 is 34.8 Å². The van der Waals surface area contributed by atoms with Gasteiger partial charge in [-0.2, -0.15) is 13.2 Å². The summed E-state index contributed by atoms with van der Waals surface area (Å²) in [7, 11) is 1.78. The molecular formula is C24H25ClF3NO7. The third-order valence-electron chi connectivity index (χ3n) is 6.32. The zero-order valence-electron chi connectivity index (χ0n) is 19.1. The van der Waals surface area contributed by atoms with Gasteiger partial charge in [0.2, 0.25) is 0 Å². The van der Waals surface area contributed by atoms with Gasteiger partial charge in [-0.1, -0.05) is 29.8 Å². The predicted octanol–water partition coefficient (Wildman–Crippen LogP) is 2.54. The lowest BCUT2D eigenvalue weighted by molar-refractivity contribution is -0.257. The molecule has 2 aromatic carbocycles. The number of halogens is 4. The number of ether oxygens (including phenoxy) is 3. The maximum absolute atomic E-state index is 13.0. The molecule has 0 saturated carbocycles. The van der Waals surface area contributed by atoms with Crippen molar-refractivity contribution in [2.45, 2.75) is 49.5 Å². The first kappa shape index (κ1) is 26.5. The summed E-state index contributed by atoms with van der Waals surface area (Å²) in [6.07, 6.45) is -13.1. The largest absolute Gasteiger partial charge is 0.491 e. The van der Waals surface area contributed by atoms with Crippen molar-refractivity contribution in [2.75, 3.05) is 25.6 Å². The molecule has 4 rings (SSSR count). The lowest BCUT2D eigenvalue weighted by atomic mass is 9.86. The Kier molecular flexibility index (Phi) is 7.67. The fourth-order valence-corrected chi connectivity index (χ4v) is 4.76. The highest BCUT2D eigenvalue weighted by molar-refractivity contribution is 6.33. The Labute approximate surface area is 209 Å². The topological polar surface area (TPSA) is 117 Å². The second kappa shape index (κ2) is 10.4. The van der Waals surface area contributed by atoms with Gasteiger partial charge in [0.25, 0.3) is 0 Å². The van der Waals surface area contributed by atoms with Gasteiger partial charge in [0, 0.05) is 24.7 Å². The minimum Gasteiger partial charge on any atom is -0.491 e. The number of aliphatic hydroxyl groups excluding tert-OH is 3. The Morgan fingerprint density at radius 2 is 1.92 bits per heavy atom. The number of anilines is 1. The number of hydrogen-bond donors (Lipinski definition) is 4. The van der Waals surface area contributed by atoms with E-state index in [9.17, 15) is 33.3 Å². The van der Waals surface area contributed by atoms with Crippen LogP contribution in [0.1, 0.15) is 28.4 Å². The van der Waals surface area contributed by atoms with Crippen LogP contribution in [0.15, 0.2) is 30.3 Å². The van der Waals surface area contributed by atoms with Crippen LogP contribution in [0.2, 0.25) is 5.02 Å². The van der Waals surface area contributed by atoms with Crippen molar-refractivity contribution in [3.63, 3.8) is 0 Å². The molecule has 1 fully saturated rings. The summed E-state index contributed by atoms with van der Waals surface area (Å²) in [5.41, 5.74) is 3.16. The van der Waals surface area contributed by atoms with Gasteiger partial charge in [-0.25, -0.2) is 4.79 Å². The molecule has 0 amide bonds. The zero-order valence-corrected chi connectivity index (χ0v) is 19.8. The van der Waals surface area contributed by atoms with Crippen LogP contribution in [0.3, 0.4) is 0 Å². The van der Waals surface area contributed by atoms with Gasteiger partial charge in [-0.15, -0.1) is 0 Å². The number of fused-ring (bicyclic) bond motifs is 1. The highest BCUT2D eigenvalue weighted by atomic mass is 35.5. The summed E-state index contributed by atoms with van der Waals surface area (Å²) < 4.78 is 55.0. The van der Waals surface area contributed by atoms with Gasteiger partial charge in [-0.05, 0) is 35.2 Å². The summed E-state index contributed by atoms with van der Waals surface area (Å²) in [6.45, 7) is -0.484. The van der Waals surface area contributed by atoms with Crippen molar-refractivity contribution in [1.82, 2.24) is 0 Å². The molecule has 0 aromatic heterocycles. The van der Waals surface area contributed by atoms with Crippen LogP contribution in [0.25, 0.3) is 0 Å². The molecule has 196 valence electrons. The normalized spacial score (nSPS) is 25.7. The quantitative estimate of drug-likeness (QED) is 0.420. The Hall–Kier alpha value is -2.57. The lowest BCUT2D eigenvalue weighted by Gasteiger charge is -2.42. The van der Waals surface area contributed by atoms with Gasteiger partial charge >= 0.3 is 12.1 Å². The number of esters is 1. The van der Waals surface area contributed by atoms with Crippen molar-refractivity contribution < 1.29 is 47.5 Å². The van der Waals surface area contributed by atoms with Crippen LogP contribution in [0.4, 0.5) is 18.9 Å². The summed E-state index contributed by atoms with van der Waals surface area (Å²) >= 11 is 6.62. The molecule has 1 saturated heterocycles. The lowest BCUT2D eigenvalue weighted by Crippen LogP contribution is -2.57. The monoisotopic (exact) mass is 531 g/mol. The van der Waals surface area contributed by atoms with Crippen LogP contribution in [0, 0.1) is 0 Å². The van der Waals surface area contributed by atoms with Crippen LogP contribution in [-0.2, 0) is 27.1 Å². The van der Waals surface area contributed by atoms with E-state index in [4.69, 9.17) is 21.1 Å². The predicted molar refractivity (Wildman–Crippen MR) is 122 cm³/mol. The second-order valence-corrected chi connectivity index (χ2v) is 8.97. The molecule has 0 bridgehead atoms. The molecular weight excluding hydrogens is 507 g/mol. The smallest absolute Gasteiger partial charge is 0.490 e. The maximum Gasteiger partial charge on any atom is 0.490 e. The van der Waals surface area contributed by atoms with E-state index in [1.165, 1.54) is 0 Å². The molecule has 0 unspecified atom stereocenters. The van der Waals surface area contributed by atoms with Crippen LogP contribution < -0.4 is 10.1 Å². The minimum absolute atomic E-state index is 0.247. The number of rotatable bonds is 6. The van der Waals surface area contributed by atoms with Crippen LogP contribution >= 0.6 is 11.6 Å². The van der Waals surface area contributed by atoms with E-state index in [-0.39, 0.29) is 12.2 Å². The van der Waals surface area contributed by atoms with E-state index in [2.05, 4.69) is 10.1 Å². The second-order valence-electron chi connectivity index (χ2n) is 8.60. The number of nitrogens with one attached hydrogen (secondary N) is 1. The van der Waals surface area contributed by atoms with E-state index in [1.54, 1.807) is 13.1 Å². The number of carbonyl (C=O) groups is 1. The summed E-state index contributed by atoms with van der Waals surface area (Å²) in [5, 5.41) is 33.8. The first-order valence-corrected chi connectivity index (χ1v) is 11.6. The Morgan fingerprint density at radius 1 is 1.22 bits per heavy atom. The fourth-order valence-electron chi connectivity index (χ4n) is 4.47. The molecule has 12 heteroatoms. The Bertz CT molecular complexity index is 1110. The molecule has 8 nitrogen and oxygen atoms in total. The third kappa shape index (κ3) is 5.12. The van der Waals surface area contributed by atoms with Crippen molar-refractivity contribution in [1.29, 1.82) is 0 Å². The molecule has 4 N–H and O–H groups in total. The standard InChI is InChI=1S/C24H25ClF3NO7/c1-29-13-4-2-11(3-5-13)8-12-9-15(14-6-7-34-20(14)17(12)25)21-22(36-23(33)24(26,27)28)19(32)18(31)16(10-30)35-21/h2-5,9,16,18-19,21-22,29-32H,6-8,10H2,1H3/t16-,18-,19+,21+,22-/m1/s1. The molecule has 2 aliphatic heterocycles. The highest BCUT2D eigenvalue weighted by Crippen LogP contribution is 2.45. The van der Waals surface area contributed by atoms with Crippen molar-refractivity contribution in [2.24, 2.45) is 0 Å². The molecule has 5 atom stereocenters. The molecule has 0 radical (unpaired) electrons. The average molecular weight is 532 g/mol. The van der Waals surface area contributed by atoms with Gasteiger partial charge in [0.05, 0.1) is 18.2 Å². The van der Waals surface area contributed by atoms with Crippen LogP contribution in [0.5, 0.6) is 5.75 Å². The first-order chi connectivity index (χ1) is 17.0. The van der Waals surface area contributed by atoms with Crippen molar-refractivity contribution in [3.8, 4) is 5.75 Å². The number of benzene rings is 2. The molecule has 2 aromatic rings.